The van der Waals surface area contributed by atoms with Crippen molar-refractivity contribution in [2.75, 3.05) is 25.5 Å². The van der Waals surface area contributed by atoms with E-state index in [2.05, 4.69) is 28.6 Å². The van der Waals surface area contributed by atoms with Crippen molar-refractivity contribution in [2.24, 2.45) is 0 Å². The second-order valence-corrected chi connectivity index (χ2v) is 6.29. The molecule has 0 saturated heterocycles. The lowest BCUT2D eigenvalue weighted by molar-refractivity contribution is -0.117. The fraction of sp³-hybridized carbons (Fsp3) is 0.190. The number of para-hydroxylation sites is 1. The predicted molar refractivity (Wildman–Crippen MR) is 105 cm³/mol. The molecule has 0 aliphatic heterocycles. The Labute approximate surface area is 158 Å². The molecular formula is C21H21N5O. The van der Waals surface area contributed by atoms with E-state index in [9.17, 15) is 10.1 Å². The molecule has 0 aliphatic rings. The molecule has 0 atom stereocenters. The van der Waals surface area contributed by atoms with Crippen molar-refractivity contribution in [2.45, 2.75) is 6.42 Å². The van der Waals surface area contributed by atoms with Crippen LogP contribution in [0.5, 0.6) is 0 Å². The smallest absolute Gasteiger partial charge is 0.239 e. The topological polar surface area (TPSA) is 74.0 Å². The van der Waals surface area contributed by atoms with Gasteiger partial charge < -0.3 is 5.32 Å². The normalized spacial score (nSPS) is 10.6. The summed E-state index contributed by atoms with van der Waals surface area (Å²) < 4.78 is 1.57. The predicted octanol–water partition coefficient (Wildman–Crippen LogP) is 2.86. The molecule has 136 valence electrons. The summed E-state index contributed by atoms with van der Waals surface area (Å²) in [6.07, 6.45) is 2.33. The number of benzene rings is 2. The van der Waals surface area contributed by atoms with Gasteiger partial charge in [0.1, 0.15) is 11.6 Å². The first-order valence-corrected chi connectivity index (χ1v) is 8.73. The van der Waals surface area contributed by atoms with Gasteiger partial charge in [-0.3, -0.25) is 9.69 Å². The summed E-state index contributed by atoms with van der Waals surface area (Å²) in [4.78, 5) is 14.4. The van der Waals surface area contributed by atoms with E-state index in [1.165, 1.54) is 11.8 Å². The van der Waals surface area contributed by atoms with Gasteiger partial charge in [0.05, 0.1) is 18.4 Å². The molecule has 6 heteroatoms. The fourth-order valence-corrected chi connectivity index (χ4v) is 2.78. The number of amides is 1. The van der Waals surface area contributed by atoms with Crippen LogP contribution in [0.1, 0.15) is 11.1 Å². The number of carbonyl (C=O) groups is 1. The van der Waals surface area contributed by atoms with Crippen LogP contribution in [-0.2, 0) is 11.2 Å². The van der Waals surface area contributed by atoms with Crippen molar-refractivity contribution in [3.63, 3.8) is 0 Å². The molecule has 0 radical (unpaired) electrons. The van der Waals surface area contributed by atoms with E-state index >= 15 is 0 Å². The number of nitrogens with one attached hydrogen (secondary N) is 1. The highest BCUT2D eigenvalue weighted by molar-refractivity contribution is 5.92. The minimum Gasteiger partial charge on any atom is -0.308 e. The Morgan fingerprint density at radius 1 is 1.15 bits per heavy atom. The largest absolute Gasteiger partial charge is 0.308 e. The number of hydrogen-bond acceptors (Lipinski definition) is 4. The highest BCUT2D eigenvalue weighted by Crippen LogP contribution is 2.19. The first-order chi connectivity index (χ1) is 13.2. The second-order valence-electron chi connectivity index (χ2n) is 6.29. The fourth-order valence-electron chi connectivity index (χ4n) is 2.78. The summed E-state index contributed by atoms with van der Waals surface area (Å²) >= 11 is 0. The maximum atomic E-state index is 12.5. The molecule has 1 heterocycles. The van der Waals surface area contributed by atoms with Crippen molar-refractivity contribution in [1.82, 2.24) is 14.7 Å². The molecule has 3 rings (SSSR count). The molecule has 0 bridgehead atoms. The maximum absolute atomic E-state index is 12.5. The lowest BCUT2D eigenvalue weighted by Crippen LogP contribution is -2.32. The van der Waals surface area contributed by atoms with E-state index in [0.717, 1.165) is 18.7 Å². The van der Waals surface area contributed by atoms with E-state index in [1.807, 2.05) is 60.5 Å². The maximum Gasteiger partial charge on any atom is 0.239 e. The van der Waals surface area contributed by atoms with E-state index < -0.39 is 0 Å². The van der Waals surface area contributed by atoms with Crippen LogP contribution < -0.4 is 5.32 Å². The van der Waals surface area contributed by atoms with Gasteiger partial charge in [-0.25, -0.2) is 4.68 Å². The van der Waals surface area contributed by atoms with E-state index in [-0.39, 0.29) is 12.5 Å². The number of nitriles is 1. The van der Waals surface area contributed by atoms with Crippen molar-refractivity contribution in [3.8, 4) is 11.8 Å². The second kappa shape index (κ2) is 8.79. The van der Waals surface area contributed by atoms with Crippen LogP contribution in [0.3, 0.4) is 0 Å². The Kier molecular flexibility index (Phi) is 5.98. The van der Waals surface area contributed by atoms with Gasteiger partial charge in [-0.15, -0.1) is 0 Å². The lowest BCUT2D eigenvalue weighted by atomic mass is 10.1. The average Bonchev–Trinajstić information content (AvgIpc) is 3.10. The van der Waals surface area contributed by atoms with Crippen molar-refractivity contribution in [1.29, 1.82) is 5.26 Å². The Morgan fingerprint density at radius 3 is 2.48 bits per heavy atom. The third kappa shape index (κ3) is 4.81. The Balaban J connectivity index is 1.64. The summed E-state index contributed by atoms with van der Waals surface area (Å²) in [6.45, 7) is 0.998. The molecule has 6 nitrogen and oxygen atoms in total. The first kappa shape index (κ1) is 18.4. The number of hydrogen-bond donors (Lipinski definition) is 1. The van der Waals surface area contributed by atoms with Gasteiger partial charge in [0.2, 0.25) is 5.91 Å². The van der Waals surface area contributed by atoms with E-state index in [0.29, 0.717) is 11.4 Å². The van der Waals surface area contributed by atoms with Gasteiger partial charge >= 0.3 is 0 Å². The average molecular weight is 359 g/mol. The van der Waals surface area contributed by atoms with Crippen molar-refractivity contribution in [3.05, 3.63) is 78.0 Å². The number of aromatic nitrogens is 2. The molecule has 1 aromatic heterocycles. The van der Waals surface area contributed by atoms with Crippen LogP contribution in [0.25, 0.3) is 5.69 Å². The zero-order chi connectivity index (χ0) is 19.1. The zero-order valence-electron chi connectivity index (χ0n) is 15.2. The third-order valence-electron chi connectivity index (χ3n) is 4.19. The third-order valence-corrected chi connectivity index (χ3v) is 4.19. The van der Waals surface area contributed by atoms with Crippen molar-refractivity contribution < 1.29 is 4.79 Å². The number of likely N-dealkylation sites (N-methyl/N-ethyl adjacent to an activating group) is 1. The van der Waals surface area contributed by atoms with Gasteiger partial charge in [-0.2, -0.15) is 10.4 Å². The lowest BCUT2D eigenvalue weighted by Gasteiger charge is -2.17. The highest BCUT2D eigenvalue weighted by atomic mass is 16.2. The number of rotatable bonds is 7. The van der Waals surface area contributed by atoms with E-state index in [1.54, 1.807) is 4.68 Å². The molecule has 1 N–H and O–H groups in total. The van der Waals surface area contributed by atoms with Crippen molar-refractivity contribution >= 4 is 11.7 Å². The summed E-state index contributed by atoms with van der Waals surface area (Å²) in [7, 11) is 1.90. The molecule has 0 spiro atoms. The summed E-state index contributed by atoms with van der Waals surface area (Å²) in [5.74, 6) is 0.213. The van der Waals surface area contributed by atoms with Gasteiger partial charge in [-0.05, 0) is 31.2 Å². The summed E-state index contributed by atoms with van der Waals surface area (Å²) in [5, 5.41) is 16.4. The Hall–Kier alpha value is -3.43. The highest BCUT2D eigenvalue weighted by Gasteiger charge is 2.16. The monoisotopic (exact) mass is 359 g/mol. The SMILES string of the molecule is CN(CCc1ccccc1)CC(=O)Nc1c(C#N)cnn1-c1ccccc1. The van der Waals surface area contributed by atoms with Crippen LogP contribution in [0.2, 0.25) is 0 Å². The molecule has 0 saturated carbocycles. The van der Waals surface area contributed by atoms with Crippen LogP contribution in [0.4, 0.5) is 5.82 Å². The Bertz CT molecular complexity index is 928. The molecule has 0 fully saturated rings. The number of carbonyl (C=O) groups excluding carboxylic acids is 1. The van der Waals surface area contributed by atoms with Crippen LogP contribution in [0.15, 0.2) is 66.9 Å². The van der Waals surface area contributed by atoms with Crippen LogP contribution >= 0.6 is 0 Å². The minimum absolute atomic E-state index is 0.181. The number of anilines is 1. The van der Waals surface area contributed by atoms with Crippen LogP contribution in [-0.4, -0.2) is 40.7 Å². The van der Waals surface area contributed by atoms with Crippen LogP contribution in [0, 0.1) is 11.3 Å². The van der Waals surface area contributed by atoms with Gasteiger partial charge in [0, 0.05) is 6.54 Å². The summed E-state index contributed by atoms with van der Waals surface area (Å²) in [5.41, 5.74) is 2.35. The number of nitrogens with zero attached hydrogens (tertiary/aromatic N) is 4. The minimum atomic E-state index is -0.181. The molecule has 3 aromatic rings. The van der Waals surface area contributed by atoms with Gasteiger partial charge in [-0.1, -0.05) is 48.5 Å². The van der Waals surface area contributed by atoms with Gasteiger partial charge in [0.15, 0.2) is 5.82 Å². The summed E-state index contributed by atoms with van der Waals surface area (Å²) in [6, 6.07) is 21.6. The molecule has 27 heavy (non-hydrogen) atoms. The van der Waals surface area contributed by atoms with E-state index in [4.69, 9.17) is 0 Å². The molecule has 2 aromatic carbocycles. The Morgan fingerprint density at radius 2 is 1.81 bits per heavy atom. The quantitative estimate of drug-likeness (QED) is 0.704. The first-order valence-electron chi connectivity index (χ1n) is 8.73. The zero-order valence-corrected chi connectivity index (χ0v) is 15.2. The molecule has 0 unspecified atom stereocenters. The van der Waals surface area contributed by atoms with Gasteiger partial charge in [0.25, 0.3) is 0 Å². The standard InChI is InChI=1S/C21H21N5O/c1-25(13-12-17-8-4-2-5-9-17)16-20(27)24-21-18(14-22)15-23-26(21)19-10-6-3-7-11-19/h2-11,15H,12-13,16H2,1H3,(H,24,27). The molecule has 1 amide bonds. The molecular weight excluding hydrogens is 338 g/mol. The molecule has 0 aliphatic carbocycles.